The highest BCUT2D eigenvalue weighted by Gasteiger charge is 2.15. The molecule has 2 aromatic rings. The van der Waals surface area contributed by atoms with Crippen LogP contribution in [0.1, 0.15) is 10.7 Å². The van der Waals surface area contributed by atoms with Crippen molar-refractivity contribution in [2.75, 3.05) is 7.11 Å². The molecule has 0 radical (unpaired) electrons. The van der Waals surface area contributed by atoms with Crippen molar-refractivity contribution >= 4 is 39.7 Å². The monoisotopic (exact) mass is 303 g/mol. The van der Waals surface area contributed by atoms with E-state index in [1.54, 1.807) is 6.07 Å². The highest BCUT2D eigenvalue weighted by molar-refractivity contribution is 14.1. The predicted octanol–water partition coefficient (Wildman–Crippen LogP) is 2.22. The summed E-state index contributed by atoms with van der Waals surface area (Å²) < 4.78 is 10.7. The first-order valence-electron chi connectivity index (χ1n) is 3.85. The third kappa shape index (κ3) is 1.47. The zero-order valence-corrected chi connectivity index (χ0v) is 9.44. The van der Waals surface area contributed by atoms with Crippen LogP contribution in [-0.4, -0.2) is 18.1 Å². The van der Waals surface area contributed by atoms with E-state index >= 15 is 0 Å². The maximum atomic E-state index is 11.1. The lowest BCUT2D eigenvalue weighted by atomic mass is 10.3. The molecule has 0 amide bonds. The number of hydrogen-bond donors (Lipinski definition) is 0. The average molecular weight is 303 g/mol. The fourth-order valence-corrected chi connectivity index (χ4v) is 1.68. The number of rotatable bonds is 1. The number of benzene rings is 1. The zero-order valence-electron chi connectivity index (χ0n) is 7.28. The minimum absolute atomic E-state index is 0.00776. The Morgan fingerprint density at radius 2 is 2.36 bits per heavy atom. The van der Waals surface area contributed by atoms with Gasteiger partial charge in [0.15, 0.2) is 5.58 Å². The number of esters is 1. The molecule has 0 aliphatic rings. The molecule has 4 nitrogen and oxygen atoms in total. The van der Waals surface area contributed by atoms with Crippen LogP contribution in [0.15, 0.2) is 22.6 Å². The van der Waals surface area contributed by atoms with Gasteiger partial charge in [-0.25, -0.2) is 9.78 Å². The second kappa shape index (κ2) is 3.56. The summed E-state index contributed by atoms with van der Waals surface area (Å²) in [5.41, 5.74) is 1.28. The summed E-state index contributed by atoms with van der Waals surface area (Å²) in [5, 5.41) is 0. The predicted molar refractivity (Wildman–Crippen MR) is 58.1 cm³/mol. The summed E-state index contributed by atoms with van der Waals surface area (Å²) in [7, 11) is 1.29. The largest absolute Gasteiger partial charge is 0.462 e. The average Bonchev–Trinajstić information content (AvgIpc) is 2.62. The van der Waals surface area contributed by atoms with Gasteiger partial charge in [-0.1, -0.05) is 6.07 Å². The number of hydrogen-bond acceptors (Lipinski definition) is 4. The fourth-order valence-electron chi connectivity index (χ4n) is 1.09. The number of aromatic nitrogens is 1. The Hall–Kier alpha value is -1.11. The van der Waals surface area contributed by atoms with Gasteiger partial charge in [-0.15, -0.1) is 0 Å². The van der Waals surface area contributed by atoms with Crippen LogP contribution in [0.2, 0.25) is 0 Å². The van der Waals surface area contributed by atoms with Crippen molar-refractivity contribution in [2.24, 2.45) is 0 Å². The van der Waals surface area contributed by atoms with E-state index in [9.17, 15) is 4.79 Å². The first-order chi connectivity index (χ1) is 6.72. The number of ether oxygens (including phenoxy) is 1. The van der Waals surface area contributed by atoms with Gasteiger partial charge in [-0.05, 0) is 34.7 Å². The molecule has 0 aliphatic heterocycles. The normalized spacial score (nSPS) is 10.4. The van der Waals surface area contributed by atoms with Crippen LogP contribution in [0.5, 0.6) is 0 Å². The molecule has 1 aromatic carbocycles. The molecule has 1 aromatic heterocycles. The molecule has 1 heterocycles. The minimum atomic E-state index is -0.558. The van der Waals surface area contributed by atoms with E-state index in [1.807, 2.05) is 12.1 Å². The SMILES string of the molecule is COC(=O)c1nc2c(I)cccc2o1. The summed E-state index contributed by atoms with van der Waals surface area (Å²) in [4.78, 5) is 15.1. The molecule has 0 saturated heterocycles. The lowest BCUT2D eigenvalue weighted by Gasteiger charge is -1.88. The molecule has 72 valence electrons. The fraction of sp³-hybridized carbons (Fsp3) is 0.111. The molecule has 2 rings (SSSR count). The van der Waals surface area contributed by atoms with Gasteiger partial charge in [-0.3, -0.25) is 0 Å². The van der Waals surface area contributed by atoms with E-state index in [0.717, 1.165) is 3.57 Å². The molecule has 0 fully saturated rings. The molecule has 14 heavy (non-hydrogen) atoms. The van der Waals surface area contributed by atoms with Gasteiger partial charge in [0.1, 0.15) is 5.52 Å². The summed E-state index contributed by atoms with van der Waals surface area (Å²) in [5.74, 6) is -0.566. The van der Waals surface area contributed by atoms with Gasteiger partial charge in [0.05, 0.1) is 7.11 Å². The summed E-state index contributed by atoms with van der Waals surface area (Å²) in [6, 6.07) is 5.50. The van der Waals surface area contributed by atoms with Crippen molar-refractivity contribution in [1.82, 2.24) is 4.98 Å². The molecule has 0 atom stereocenters. The molecule has 0 aliphatic carbocycles. The van der Waals surface area contributed by atoms with E-state index in [4.69, 9.17) is 4.42 Å². The number of methoxy groups -OCH3 is 1. The third-order valence-electron chi connectivity index (χ3n) is 1.73. The van der Waals surface area contributed by atoms with Gasteiger partial charge >= 0.3 is 11.9 Å². The first-order valence-corrected chi connectivity index (χ1v) is 4.93. The van der Waals surface area contributed by atoms with E-state index < -0.39 is 5.97 Å². The van der Waals surface area contributed by atoms with Gasteiger partial charge in [-0.2, -0.15) is 0 Å². The van der Waals surface area contributed by atoms with E-state index in [-0.39, 0.29) is 5.89 Å². The van der Waals surface area contributed by atoms with Gasteiger partial charge in [0, 0.05) is 3.57 Å². The van der Waals surface area contributed by atoms with Crippen LogP contribution in [0.4, 0.5) is 0 Å². The van der Waals surface area contributed by atoms with Gasteiger partial charge in [0.2, 0.25) is 0 Å². The smallest absolute Gasteiger partial charge is 0.394 e. The van der Waals surface area contributed by atoms with Crippen LogP contribution in [-0.2, 0) is 4.74 Å². The van der Waals surface area contributed by atoms with Gasteiger partial charge < -0.3 is 9.15 Å². The Labute approximate surface area is 93.4 Å². The molecular formula is C9H6INO3. The lowest BCUT2D eigenvalue weighted by Crippen LogP contribution is -2.00. The van der Waals surface area contributed by atoms with Crippen molar-refractivity contribution in [3.05, 3.63) is 27.7 Å². The number of carbonyl (C=O) groups excluding carboxylic acids is 1. The molecule has 0 bridgehead atoms. The second-order valence-corrected chi connectivity index (χ2v) is 3.76. The Morgan fingerprint density at radius 1 is 1.57 bits per heavy atom. The number of para-hydroxylation sites is 1. The van der Waals surface area contributed by atoms with Crippen LogP contribution in [0.3, 0.4) is 0 Å². The Balaban J connectivity index is 2.62. The topological polar surface area (TPSA) is 52.3 Å². The van der Waals surface area contributed by atoms with E-state index in [0.29, 0.717) is 11.1 Å². The number of carbonyl (C=O) groups is 1. The maximum absolute atomic E-state index is 11.1. The van der Waals surface area contributed by atoms with E-state index in [1.165, 1.54) is 7.11 Å². The lowest BCUT2D eigenvalue weighted by molar-refractivity contribution is 0.0559. The number of nitrogens with zero attached hydrogens (tertiary/aromatic N) is 1. The highest BCUT2D eigenvalue weighted by Crippen LogP contribution is 2.21. The number of halogens is 1. The minimum Gasteiger partial charge on any atom is -0.462 e. The zero-order chi connectivity index (χ0) is 10.1. The van der Waals surface area contributed by atoms with Crippen molar-refractivity contribution < 1.29 is 13.9 Å². The van der Waals surface area contributed by atoms with Crippen molar-refractivity contribution in [3.8, 4) is 0 Å². The highest BCUT2D eigenvalue weighted by atomic mass is 127. The molecule has 0 spiro atoms. The first kappa shape index (κ1) is 9.45. The number of oxazole rings is 1. The Morgan fingerprint density at radius 3 is 3.00 bits per heavy atom. The maximum Gasteiger partial charge on any atom is 0.394 e. The van der Waals surface area contributed by atoms with Gasteiger partial charge in [0.25, 0.3) is 0 Å². The number of fused-ring (bicyclic) bond motifs is 1. The standard InChI is InChI=1S/C9H6INO3/c1-13-9(12)8-11-7-5(10)3-2-4-6(7)14-8/h2-4H,1H3. The van der Waals surface area contributed by atoms with Crippen molar-refractivity contribution in [3.63, 3.8) is 0 Å². The summed E-state index contributed by atoms with van der Waals surface area (Å²) in [6.45, 7) is 0. The van der Waals surface area contributed by atoms with E-state index in [2.05, 4.69) is 32.3 Å². The van der Waals surface area contributed by atoms with Crippen molar-refractivity contribution in [1.29, 1.82) is 0 Å². The van der Waals surface area contributed by atoms with Crippen LogP contribution in [0.25, 0.3) is 11.1 Å². The Kier molecular flexibility index (Phi) is 2.40. The van der Waals surface area contributed by atoms with Crippen LogP contribution in [0, 0.1) is 3.57 Å². The molecule has 5 heteroatoms. The molecule has 0 unspecified atom stereocenters. The summed E-state index contributed by atoms with van der Waals surface area (Å²) in [6.07, 6.45) is 0. The third-order valence-corrected chi connectivity index (χ3v) is 2.60. The molecule has 0 N–H and O–H groups in total. The Bertz CT molecular complexity index is 492. The van der Waals surface area contributed by atoms with Crippen molar-refractivity contribution in [2.45, 2.75) is 0 Å². The molecule has 0 saturated carbocycles. The quantitative estimate of drug-likeness (QED) is 0.599. The summed E-state index contributed by atoms with van der Waals surface area (Å²) >= 11 is 2.13. The second-order valence-electron chi connectivity index (χ2n) is 2.60. The molecular weight excluding hydrogens is 297 g/mol. The van der Waals surface area contributed by atoms with Crippen LogP contribution < -0.4 is 0 Å². The van der Waals surface area contributed by atoms with Crippen LogP contribution >= 0.6 is 22.6 Å².